The summed E-state index contributed by atoms with van der Waals surface area (Å²) in [6, 6.07) is 5.31. The third kappa shape index (κ3) is 1.43. The van der Waals surface area contributed by atoms with Crippen LogP contribution in [0.15, 0.2) is 18.2 Å². The molecular weight excluding hydrogens is 169 g/mol. The van der Waals surface area contributed by atoms with Crippen molar-refractivity contribution in [3.8, 4) is 0 Å². The number of carbonyl (C=O) groups excluding carboxylic acids is 1. The van der Waals surface area contributed by atoms with Crippen LogP contribution >= 0.6 is 0 Å². The summed E-state index contributed by atoms with van der Waals surface area (Å²) >= 11 is 0. The SMILES string of the molecule is O=CNc1ccc2c(c1)B(O)OC2. The molecule has 2 rings (SSSR count). The molecule has 0 spiro atoms. The Hall–Kier alpha value is -1.33. The van der Waals surface area contributed by atoms with Crippen LogP contribution in [0.25, 0.3) is 0 Å². The lowest BCUT2D eigenvalue weighted by Crippen LogP contribution is -2.28. The Morgan fingerprint density at radius 2 is 2.46 bits per heavy atom. The summed E-state index contributed by atoms with van der Waals surface area (Å²) in [7, 11) is -0.858. The zero-order chi connectivity index (χ0) is 9.26. The van der Waals surface area contributed by atoms with Crippen molar-refractivity contribution in [1.29, 1.82) is 0 Å². The second-order valence-electron chi connectivity index (χ2n) is 2.84. The second kappa shape index (κ2) is 3.20. The van der Waals surface area contributed by atoms with Gasteiger partial charge in [0.2, 0.25) is 6.41 Å². The van der Waals surface area contributed by atoms with Crippen LogP contribution in [0.3, 0.4) is 0 Å². The van der Waals surface area contributed by atoms with Gasteiger partial charge in [-0.15, -0.1) is 0 Å². The predicted octanol–water partition coefficient (Wildman–Crippen LogP) is -0.527. The summed E-state index contributed by atoms with van der Waals surface area (Å²) in [4.78, 5) is 10.2. The maximum atomic E-state index is 10.2. The minimum atomic E-state index is -0.858. The van der Waals surface area contributed by atoms with Gasteiger partial charge in [0, 0.05) is 5.69 Å². The third-order valence-electron chi connectivity index (χ3n) is 2.03. The van der Waals surface area contributed by atoms with E-state index in [-0.39, 0.29) is 0 Å². The summed E-state index contributed by atoms with van der Waals surface area (Å²) < 4.78 is 5.00. The molecule has 5 heteroatoms. The molecule has 1 aromatic rings. The molecule has 1 aliphatic heterocycles. The molecule has 0 unspecified atom stereocenters. The highest BCUT2D eigenvalue weighted by atomic mass is 16.5. The van der Waals surface area contributed by atoms with Crippen LogP contribution < -0.4 is 10.8 Å². The standard InChI is InChI=1S/C8H8BNO3/c11-5-10-7-2-1-6-4-13-9(12)8(6)3-7/h1-3,5,12H,4H2,(H,10,11). The smallest absolute Gasteiger partial charge is 0.423 e. The lowest BCUT2D eigenvalue weighted by Gasteiger charge is -2.01. The number of anilines is 1. The van der Waals surface area contributed by atoms with Gasteiger partial charge in [0.1, 0.15) is 0 Å². The van der Waals surface area contributed by atoms with Crippen molar-refractivity contribution in [2.45, 2.75) is 6.61 Å². The Labute approximate surface area is 75.7 Å². The Kier molecular flexibility index (Phi) is 2.04. The molecule has 2 N–H and O–H groups in total. The number of benzene rings is 1. The number of hydrogen-bond acceptors (Lipinski definition) is 3. The van der Waals surface area contributed by atoms with E-state index in [1.165, 1.54) is 0 Å². The fourth-order valence-electron chi connectivity index (χ4n) is 1.37. The zero-order valence-corrected chi connectivity index (χ0v) is 6.86. The molecule has 1 aliphatic rings. The number of nitrogens with one attached hydrogen (secondary N) is 1. The van der Waals surface area contributed by atoms with E-state index in [0.717, 1.165) is 11.0 Å². The van der Waals surface area contributed by atoms with E-state index in [0.29, 0.717) is 18.7 Å². The van der Waals surface area contributed by atoms with Gasteiger partial charge in [0.25, 0.3) is 0 Å². The molecule has 0 radical (unpaired) electrons. The summed E-state index contributed by atoms with van der Waals surface area (Å²) in [6.45, 7) is 0.428. The van der Waals surface area contributed by atoms with Crippen LogP contribution in [0.4, 0.5) is 5.69 Å². The van der Waals surface area contributed by atoms with Gasteiger partial charge < -0.3 is 15.0 Å². The maximum absolute atomic E-state index is 10.2. The number of hydrogen-bond donors (Lipinski definition) is 2. The van der Waals surface area contributed by atoms with Crippen molar-refractivity contribution in [3.05, 3.63) is 23.8 Å². The second-order valence-corrected chi connectivity index (χ2v) is 2.84. The highest BCUT2D eigenvalue weighted by molar-refractivity contribution is 6.61. The van der Waals surface area contributed by atoms with E-state index >= 15 is 0 Å². The first-order valence-corrected chi connectivity index (χ1v) is 3.94. The zero-order valence-electron chi connectivity index (χ0n) is 6.86. The van der Waals surface area contributed by atoms with Crippen LogP contribution in [0, 0.1) is 0 Å². The molecule has 4 nitrogen and oxygen atoms in total. The molecule has 1 heterocycles. The Bertz CT molecular complexity index is 342. The molecule has 0 fully saturated rings. The average Bonchev–Trinajstić information content (AvgIpc) is 2.49. The lowest BCUT2D eigenvalue weighted by atomic mass is 9.79. The highest BCUT2D eigenvalue weighted by Gasteiger charge is 2.26. The van der Waals surface area contributed by atoms with Gasteiger partial charge in [-0.2, -0.15) is 0 Å². The molecule has 1 amide bonds. The topological polar surface area (TPSA) is 58.6 Å². The molecule has 13 heavy (non-hydrogen) atoms. The molecule has 0 saturated heterocycles. The lowest BCUT2D eigenvalue weighted by molar-refractivity contribution is -0.105. The van der Waals surface area contributed by atoms with Crippen LogP contribution in [0.2, 0.25) is 0 Å². The summed E-state index contributed by atoms with van der Waals surface area (Å²) in [5, 5.41) is 11.8. The Morgan fingerprint density at radius 1 is 1.62 bits per heavy atom. The highest BCUT2D eigenvalue weighted by Crippen LogP contribution is 2.13. The summed E-state index contributed by atoms with van der Waals surface area (Å²) in [5.41, 5.74) is 2.36. The van der Waals surface area contributed by atoms with E-state index in [1.807, 2.05) is 6.07 Å². The van der Waals surface area contributed by atoms with Crippen molar-refractivity contribution < 1.29 is 14.5 Å². The first kappa shape index (κ1) is 8.28. The maximum Gasteiger partial charge on any atom is 0.491 e. The van der Waals surface area contributed by atoms with Gasteiger partial charge >= 0.3 is 7.12 Å². The number of rotatable bonds is 2. The van der Waals surface area contributed by atoms with Crippen LogP contribution in [-0.4, -0.2) is 18.6 Å². The molecular formula is C8H8BNO3. The van der Waals surface area contributed by atoms with Crippen LogP contribution in [-0.2, 0) is 16.1 Å². The summed E-state index contributed by atoms with van der Waals surface area (Å²) in [5.74, 6) is 0. The van der Waals surface area contributed by atoms with E-state index in [2.05, 4.69) is 5.32 Å². The first-order chi connectivity index (χ1) is 6.31. The van der Waals surface area contributed by atoms with E-state index < -0.39 is 7.12 Å². The fourth-order valence-corrected chi connectivity index (χ4v) is 1.37. The van der Waals surface area contributed by atoms with Crippen molar-refractivity contribution in [2.75, 3.05) is 5.32 Å². The number of amides is 1. The normalized spacial score (nSPS) is 14.1. The average molecular weight is 177 g/mol. The van der Waals surface area contributed by atoms with Gasteiger partial charge in [-0.25, -0.2) is 0 Å². The van der Waals surface area contributed by atoms with E-state index in [1.54, 1.807) is 12.1 Å². The van der Waals surface area contributed by atoms with Crippen LogP contribution in [0.1, 0.15) is 5.56 Å². The Morgan fingerprint density at radius 3 is 3.23 bits per heavy atom. The molecule has 66 valence electrons. The minimum absolute atomic E-state index is 0.428. The van der Waals surface area contributed by atoms with Crippen LogP contribution in [0.5, 0.6) is 0 Å². The molecule has 0 atom stereocenters. The van der Waals surface area contributed by atoms with Crippen molar-refractivity contribution in [1.82, 2.24) is 0 Å². The molecule has 0 bridgehead atoms. The minimum Gasteiger partial charge on any atom is -0.423 e. The molecule has 0 aromatic heterocycles. The van der Waals surface area contributed by atoms with Gasteiger partial charge in [-0.1, -0.05) is 6.07 Å². The predicted molar refractivity (Wildman–Crippen MR) is 48.5 cm³/mol. The quantitative estimate of drug-likeness (QED) is 0.471. The fraction of sp³-hybridized carbons (Fsp3) is 0.125. The summed E-state index contributed by atoms with van der Waals surface area (Å²) in [6.07, 6.45) is 0.601. The largest absolute Gasteiger partial charge is 0.491 e. The van der Waals surface area contributed by atoms with E-state index in [9.17, 15) is 9.82 Å². The first-order valence-electron chi connectivity index (χ1n) is 3.94. The number of carbonyl (C=O) groups is 1. The monoisotopic (exact) mass is 177 g/mol. The Balaban J connectivity index is 2.35. The molecule has 0 saturated carbocycles. The van der Waals surface area contributed by atoms with Gasteiger partial charge in [-0.3, -0.25) is 4.79 Å². The van der Waals surface area contributed by atoms with E-state index in [4.69, 9.17) is 4.65 Å². The van der Waals surface area contributed by atoms with Crippen molar-refractivity contribution in [3.63, 3.8) is 0 Å². The third-order valence-corrected chi connectivity index (χ3v) is 2.03. The van der Waals surface area contributed by atoms with Crippen molar-refractivity contribution >= 4 is 24.7 Å². The molecule has 1 aromatic carbocycles. The van der Waals surface area contributed by atoms with Gasteiger partial charge in [0.05, 0.1) is 6.61 Å². The molecule has 0 aliphatic carbocycles. The van der Waals surface area contributed by atoms with Gasteiger partial charge in [-0.05, 0) is 23.2 Å². The number of fused-ring (bicyclic) bond motifs is 1. The van der Waals surface area contributed by atoms with Gasteiger partial charge in [0.15, 0.2) is 0 Å². The van der Waals surface area contributed by atoms with Crippen molar-refractivity contribution in [2.24, 2.45) is 0 Å².